The van der Waals surface area contributed by atoms with E-state index in [0.29, 0.717) is 0 Å². The first-order valence-corrected chi connectivity index (χ1v) is 10.6. The zero-order chi connectivity index (χ0) is 21.4. The molecule has 0 atom stereocenters. The minimum absolute atomic E-state index is 0.755. The van der Waals surface area contributed by atoms with Crippen LogP contribution in [0.5, 0.6) is 0 Å². The maximum absolute atomic E-state index is 5.12. The molecule has 4 aromatic carbocycles. The Hall–Kier alpha value is -3.78. The lowest BCUT2D eigenvalue weighted by Crippen LogP contribution is -1.98. The Kier molecular flexibility index (Phi) is 4.83. The molecule has 5 rings (SSSR count). The highest BCUT2D eigenvalue weighted by molar-refractivity contribution is 5.95. The molecule has 1 heterocycles. The molecule has 5 aromatic rings. The zero-order valence-corrected chi connectivity index (χ0v) is 18.1. The van der Waals surface area contributed by atoms with Gasteiger partial charge >= 0.3 is 0 Å². The molecule has 0 saturated carbocycles. The van der Waals surface area contributed by atoms with E-state index in [4.69, 9.17) is 9.97 Å². The number of nitrogens with zero attached hydrogens (tertiary/aromatic N) is 2. The number of aromatic nitrogens is 2. The first-order chi connectivity index (χ1) is 15.1. The van der Waals surface area contributed by atoms with Crippen LogP contribution in [0.1, 0.15) is 16.7 Å². The molecule has 0 aliphatic heterocycles. The van der Waals surface area contributed by atoms with Crippen molar-refractivity contribution in [2.75, 3.05) is 0 Å². The van der Waals surface area contributed by atoms with Crippen molar-refractivity contribution in [1.29, 1.82) is 0 Å². The summed E-state index contributed by atoms with van der Waals surface area (Å²) in [6.07, 6.45) is 0. The lowest BCUT2D eigenvalue weighted by molar-refractivity contribution is 1.21. The molecule has 0 saturated heterocycles. The summed E-state index contributed by atoms with van der Waals surface area (Å²) >= 11 is 0. The van der Waals surface area contributed by atoms with Gasteiger partial charge in [-0.15, -0.1) is 0 Å². The topological polar surface area (TPSA) is 25.8 Å². The summed E-state index contributed by atoms with van der Waals surface area (Å²) in [4.78, 5) is 10.0. The molecule has 0 aliphatic rings. The summed E-state index contributed by atoms with van der Waals surface area (Å²) in [5.41, 5.74) is 10.3. The van der Waals surface area contributed by atoms with Crippen molar-refractivity contribution >= 4 is 10.9 Å². The van der Waals surface area contributed by atoms with E-state index in [-0.39, 0.29) is 0 Å². The summed E-state index contributed by atoms with van der Waals surface area (Å²) in [6.45, 7) is 6.48. The Labute approximate surface area is 183 Å². The molecule has 0 unspecified atom stereocenters. The third kappa shape index (κ3) is 3.62. The van der Waals surface area contributed by atoms with Crippen molar-refractivity contribution in [3.8, 4) is 33.8 Å². The highest BCUT2D eigenvalue weighted by atomic mass is 14.9. The number of hydrogen-bond donors (Lipinski definition) is 0. The monoisotopic (exact) mass is 400 g/mol. The second-order valence-corrected chi connectivity index (χ2v) is 8.13. The second kappa shape index (κ2) is 7.81. The highest BCUT2D eigenvalue weighted by Crippen LogP contribution is 2.34. The maximum atomic E-state index is 5.12. The number of para-hydroxylation sites is 1. The van der Waals surface area contributed by atoms with Crippen molar-refractivity contribution < 1.29 is 0 Å². The van der Waals surface area contributed by atoms with E-state index in [1.54, 1.807) is 0 Å². The summed E-state index contributed by atoms with van der Waals surface area (Å²) in [7, 11) is 0. The molecule has 150 valence electrons. The van der Waals surface area contributed by atoms with Gasteiger partial charge in [-0.1, -0.05) is 84.4 Å². The lowest BCUT2D eigenvalue weighted by Gasteiger charge is -2.15. The van der Waals surface area contributed by atoms with Crippen molar-refractivity contribution in [3.63, 3.8) is 0 Å². The van der Waals surface area contributed by atoms with Crippen LogP contribution in [0.25, 0.3) is 44.7 Å². The molecule has 0 spiro atoms. The van der Waals surface area contributed by atoms with E-state index >= 15 is 0 Å². The van der Waals surface area contributed by atoms with E-state index in [9.17, 15) is 0 Å². The summed E-state index contributed by atoms with van der Waals surface area (Å²) in [5.74, 6) is 0.755. The first-order valence-electron chi connectivity index (χ1n) is 10.6. The molecule has 0 fully saturated rings. The Morgan fingerprint density at radius 2 is 1.19 bits per heavy atom. The first kappa shape index (κ1) is 19.2. The van der Waals surface area contributed by atoms with Gasteiger partial charge in [0.25, 0.3) is 0 Å². The minimum Gasteiger partial charge on any atom is -0.228 e. The van der Waals surface area contributed by atoms with Crippen LogP contribution >= 0.6 is 0 Å². The summed E-state index contributed by atoms with van der Waals surface area (Å²) in [5, 5.41) is 1.08. The molecule has 2 heteroatoms. The Balaban J connectivity index is 1.74. The smallest absolute Gasteiger partial charge is 0.160 e. The maximum Gasteiger partial charge on any atom is 0.160 e. The number of hydrogen-bond acceptors (Lipinski definition) is 2. The number of fused-ring (bicyclic) bond motifs is 1. The van der Waals surface area contributed by atoms with Crippen molar-refractivity contribution in [1.82, 2.24) is 9.97 Å². The quantitative estimate of drug-likeness (QED) is 0.312. The predicted molar refractivity (Wildman–Crippen MR) is 130 cm³/mol. The van der Waals surface area contributed by atoms with Crippen LogP contribution in [0.15, 0.2) is 91.0 Å². The van der Waals surface area contributed by atoms with Gasteiger partial charge in [-0.3, -0.25) is 0 Å². The van der Waals surface area contributed by atoms with E-state index in [1.165, 1.54) is 33.4 Å². The van der Waals surface area contributed by atoms with E-state index in [0.717, 1.165) is 28.0 Å². The summed E-state index contributed by atoms with van der Waals surface area (Å²) < 4.78 is 0. The molecule has 0 N–H and O–H groups in total. The normalized spacial score (nSPS) is 11.1. The molecular weight excluding hydrogens is 376 g/mol. The number of rotatable bonds is 3. The van der Waals surface area contributed by atoms with Crippen molar-refractivity contribution in [2.45, 2.75) is 20.8 Å². The van der Waals surface area contributed by atoms with Crippen LogP contribution in [0, 0.1) is 20.8 Å². The van der Waals surface area contributed by atoms with Gasteiger partial charge in [-0.2, -0.15) is 0 Å². The van der Waals surface area contributed by atoms with Gasteiger partial charge in [0.05, 0.1) is 11.2 Å². The molecule has 0 amide bonds. The lowest BCUT2D eigenvalue weighted by atomic mass is 9.95. The fourth-order valence-electron chi connectivity index (χ4n) is 4.42. The zero-order valence-electron chi connectivity index (χ0n) is 18.1. The van der Waals surface area contributed by atoms with E-state index in [1.807, 2.05) is 12.1 Å². The second-order valence-electron chi connectivity index (χ2n) is 8.13. The standard InChI is InChI=1S/C29H24N2/c1-19-16-20(2)27(21(3)17-19)28-25-14-7-8-15-26(25)30-29(31-28)24-13-9-12-23(18-24)22-10-5-4-6-11-22/h4-18H,1-3H3. The molecule has 2 nitrogen and oxygen atoms in total. The van der Waals surface area contributed by atoms with Crippen LogP contribution in [-0.2, 0) is 0 Å². The fourth-order valence-corrected chi connectivity index (χ4v) is 4.42. The molecular formula is C29H24N2. The highest BCUT2D eigenvalue weighted by Gasteiger charge is 2.15. The van der Waals surface area contributed by atoms with Gasteiger partial charge in [-0.25, -0.2) is 9.97 Å². The van der Waals surface area contributed by atoms with Crippen LogP contribution < -0.4 is 0 Å². The third-order valence-corrected chi connectivity index (χ3v) is 5.74. The van der Waals surface area contributed by atoms with E-state index in [2.05, 4.69) is 99.6 Å². The van der Waals surface area contributed by atoms with Gasteiger partial charge in [0.15, 0.2) is 5.82 Å². The molecule has 0 bridgehead atoms. The van der Waals surface area contributed by atoms with Crippen LogP contribution in [0.2, 0.25) is 0 Å². The van der Waals surface area contributed by atoms with Crippen LogP contribution in [0.4, 0.5) is 0 Å². The molecule has 0 radical (unpaired) electrons. The Bertz CT molecular complexity index is 1380. The molecule has 0 aliphatic carbocycles. The predicted octanol–water partition coefficient (Wildman–Crippen LogP) is 7.56. The van der Waals surface area contributed by atoms with Crippen LogP contribution in [0.3, 0.4) is 0 Å². The third-order valence-electron chi connectivity index (χ3n) is 5.74. The van der Waals surface area contributed by atoms with Gasteiger partial charge in [0, 0.05) is 16.5 Å². The Morgan fingerprint density at radius 3 is 1.97 bits per heavy atom. The summed E-state index contributed by atoms with van der Waals surface area (Å²) in [6, 6.07) is 31.7. The number of benzene rings is 4. The number of aryl methyl sites for hydroxylation is 3. The van der Waals surface area contributed by atoms with Gasteiger partial charge in [-0.05, 0) is 55.2 Å². The molecule has 31 heavy (non-hydrogen) atoms. The average Bonchev–Trinajstić information content (AvgIpc) is 2.79. The van der Waals surface area contributed by atoms with Gasteiger partial charge in [0.1, 0.15) is 0 Å². The minimum atomic E-state index is 0.755. The SMILES string of the molecule is Cc1cc(C)c(-c2nc(-c3cccc(-c4ccccc4)c3)nc3ccccc23)c(C)c1. The van der Waals surface area contributed by atoms with Crippen molar-refractivity contribution in [2.24, 2.45) is 0 Å². The van der Waals surface area contributed by atoms with Gasteiger partial charge in [0.2, 0.25) is 0 Å². The average molecular weight is 401 g/mol. The van der Waals surface area contributed by atoms with Crippen LogP contribution in [-0.4, -0.2) is 9.97 Å². The Morgan fingerprint density at radius 1 is 0.548 bits per heavy atom. The van der Waals surface area contributed by atoms with Crippen molar-refractivity contribution in [3.05, 3.63) is 108 Å². The van der Waals surface area contributed by atoms with E-state index < -0.39 is 0 Å². The molecule has 1 aromatic heterocycles. The largest absolute Gasteiger partial charge is 0.228 e. The van der Waals surface area contributed by atoms with Gasteiger partial charge < -0.3 is 0 Å². The fraction of sp³-hybridized carbons (Fsp3) is 0.103.